The molecule has 2 saturated heterocycles. The summed E-state index contributed by atoms with van der Waals surface area (Å²) in [5, 5.41) is 12.2. The summed E-state index contributed by atoms with van der Waals surface area (Å²) in [6.45, 7) is 4.65. The van der Waals surface area contributed by atoms with E-state index in [2.05, 4.69) is 5.32 Å². The quantitative estimate of drug-likeness (QED) is 0.440. The van der Waals surface area contributed by atoms with Gasteiger partial charge in [-0.3, -0.25) is 14.4 Å². The van der Waals surface area contributed by atoms with Crippen LogP contribution in [0.3, 0.4) is 0 Å². The van der Waals surface area contributed by atoms with Gasteiger partial charge >= 0.3 is 5.97 Å². The van der Waals surface area contributed by atoms with Gasteiger partial charge in [-0.05, 0) is 50.0 Å². The van der Waals surface area contributed by atoms with Crippen LogP contribution in [-0.2, 0) is 19.2 Å². The van der Waals surface area contributed by atoms with Crippen LogP contribution in [0.1, 0.15) is 52.4 Å². The maximum atomic E-state index is 13.4. The fourth-order valence-corrected chi connectivity index (χ4v) is 4.75. The molecule has 0 radical (unpaired) electrons. The van der Waals surface area contributed by atoms with E-state index in [0.29, 0.717) is 51.6 Å². The highest BCUT2D eigenvalue weighted by Crippen LogP contribution is 2.26. The van der Waals surface area contributed by atoms with Crippen LogP contribution in [0.2, 0.25) is 0 Å². The molecule has 5 unspecified atom stereocenters. The van der Waals surface area contributed by atoms with E-state index in [1.807, 2.05) is 20.1 Å². The summed E-state index contributed by atoms with van der Waals surface area (Å²) in [4.78, 5) is 53.6. The number of amides is 3. The molecule has 31 heavy (non-hydrogen) atoms. The highest BCUT2D eigenvalue weighted by Gasteiger charge is 2.44. The van der Waals surface area contributed by atoms with Crippen LogP contribution in [-0.4, -0.2) is 87.9 Å². The van der Waals surface area contributed by atoms with Gasteiger partial charge in [0.25, 0.3) is 0 Å². The number of nitrogens with zero attached hydrogens (tertiary/aromatic N) is 2. The molecular weight excluding hydrogens is 420 g/mol. The number of likely N-dealkylation sites (tertiary alicyclic amines) is 2. The van der Waals surface area contributed by atoms with Crippen molar-refractivity contribution in [2.24, 2.45) is 11.7 Å². The van der Waals surface area contributed by atoms with Gasteiger partial charge in [0.2, 0.25) is 17.7 Å². The van der Waals surface area contributed by atoms with Crippen molar-refractivity contribution >= 4 is 35.5 Å². The van der Waals surface area contributed by atoms with Crippen molar-refractivity contribution in [1.29, 1.82) is 0 Å². The predicted octanol–water partition coefficient (Wildman–Crippen LogP) is 0.664. The molecule has 2 heterocycles. The van der Waals surface area contributed by atoms with Gasteiger partial charge in [0.05, 0.1) is 6.04 Å². The second-order valence-corrected chi connectivity index (χ2v) is 9.46. The van der Waals surface area contributed by atoms with E-state index in [9.17, 15) is 24.3 Å². The minimum Gasteiger partial charge on any atom is -0.480 e. The molecule has 0 bridgehead atoms. The van der Waals surface area contributed by atoms with Gasteiger partial charge in [0.15, 0.2) is 0 Å². The lowest BCUT2D eigenvalue weighted by molar-refractivity contribution is -0.152. The van der Waals surface area contributed by atoms with E-state index < -0.39 is 30.1 Å². The highest BCUT2D eigenvalue weighted by molar-refractivity contribution is 7.98. The molecule has 0 spiro atoms. The Hall–Kier alpha value is -1.81. The number of carbonyl (C=O) groups excluding carboxylic acids is 3. The van der Waals surface area contributed by atoms with Crippen LogP contribution in [0.15, 0.2) is 0 Å². The van der Waals surface area contributed by atoms with Gasteiger partial charge in [0, 0.05) is 13.1 Å². The highest BCUT2D eigenvalue weighted by atomic mass is 32.2. The van der Waals surface area contributed by atoms with E-state index >= 15 is 0 Å². The van der Waals surface area contributed by atoms with Crippen molar-refractivity contribution < 1.29 is 24.3 Å². The zero-order valence-corrected chi connectivity index (χ0v) is 19.5. The van der Waals surface area contributed by atoms with Crippen molar-refractivity contribution in [1.82, 2.24) is 15.1 Å². The van der Waals surface area contributed by atoms with Gasteiger partial charge in [-0.1, -0.05) is 20.3 Å². The van der Waals surface area contributed by atoms with Crippen LogP contribution < -0.4 is 11.1 Å². The molecule has 0 aliphatic carbocycles. The van der Waals surface area contributed by atoms with Crippen molar-refractivity contribution in [3.8, 4) is 0 Å². The monoisotopic (exact) mass is 456 g/mol. The minimum absolute atomic E-state index is 0.126. The number of carboxylic acids is 1. The number of carboxylic acid groups (broad SMARTS) is 1. The molecule has 176 valence electrons. The normalized spacial score (nSPS) is 24.0. The third kappa shape index (κ3) is 6.12. The first-order chi connectivity index (χ1) is 14.7. The van der Waals surface area contributed by atoms with E-state index in [1.54, 1.807) is 11.8 Å². The number of hydrogen-bond acceptors (Lipinski definition) is 6. The topological polar surface area (TPSA) is 133 Å². The zero-order valence-electron chi connectivity index (χ0n) is 18.7. The molecule has 0 aromatic carbocycles. The molecular formula is C21H36N4O5S. The largest absolute Gasteiger partial charge is 0.480 e. The Morgan fingerprint density at radius 3 is 2.32 bits per heavy atom. The zero-order chi connectivity index (χ0) is 23.1. The fourth-order valence-electron chi connectivity index (χ4n) is 4.26. The van der Waals surface area contributed by atoms with Crippen LogP contribution in [0, 0.1) is 5.92 Å². The number of thioether (sulfide) groups is 1. The second kappa shape index (κ2) is 11.7. The Kier molecular flexibility index (Phi) is 9.61. The first-order valence-electron chi connectivity index (χ1n) is 11.1. The summed E-state index contributed by atoms with van der Waals surface area (Å²) in [6, 6.07) is -2.96. The molecule has 5 atom stereocenters. The van der Waals surface area contributed by atoms with Crippen LogP contribution in [0.25, 0.3) is 0 Å². The Bertz CT molecular complexity index is 676. The van der Waals surface area contributed by atoms with Crippen LogP contribution in [0.5, 0.6) is 0 Å². The third-order valence-electron chi connectivity index (χ3n) is 6.39. The smallest absolute Gasteiger partial charge is 0.326 e. The van der Waals surface area contributed by atoms with Crippen molar-refractivity contribution in [3.05, 3.63) is 0 Å². The lowest BCUT2D eigenvalue weighted by Crippen LogP contribution is -2.58. The number of nitrogens with two attached hydrogens (primary N) is 1. The SMILES string of the molecule is CCC(C)C(NC(=O)C(N)CCSC)C(=O)N1CCCC1C(=O)N1CCCC1C(=O)O. The molecule has 2 fully saturated rings. The lowest BCUT2D eigenvalue weighted by Gasteiger charge is -2.34. The minimum atomic E-state index is -1.01. The number of rotatable bonds is 10. The lowest BCUT2D eigenvalue weighted by atomic mass is 9.96. The van der Waals surface area contributed by atoms with E-state index in [1.165, 1.54) is 9.80 Å². The summed E-state index contributed by atoms with van der Waals surface area (Å²) < 4.78 is 0. The molecule has 2 rings (SSSR count). The maximum absolute atomic E-state index is 13.4. The Morgan fingerprint density at radius 2 is 1.74 bits per heavy atom. The molecule has 0 aromatic heterocycles. The Labute approximate surface area is 188 Å². The molecule has 3 amide bonds. The van der Waals surface area contributed by atoms with Gasteiger partial charge in [-0.15, -0.1) is 0 Å². The molecule has 2 aliphatic rings. The Balaban J connectivity index is 2.14. The number of aliphatic carboxylic acids is 1. The molecule has 10 heteroatoms. The summed E-state index contributed by atoms with van der Waals surface area (Å²) in [5.74, 6) is -1.34. The first-order valence-corrected chi connectivity index (χ1v) is 12.5. The molecule has 4 N–H and O–H groups in total. The standard InChI is InChI=1S/C21H36N4O5S/c1-4-13(2)17(23-18(26)14(22)9-12-31-3)20(28)24-10-5-7-15(24)19(27)25-11-6-8-16(25)21(29)30/h13-17H,4-12,22H2,1-3H3,(H,23,26)(H,29,30). The predicted molar refractivity (Wildman–Crippen MR) is 119 cm³/mol. The van der Waals surface area contributed by atoms with Crippen molar-refractivity contribution in [2.45, 2.75) is 76.5 Å². The second-order valence-electron chi connectivity index (χ2n) is 8.48. The maximum Gasteiger partial charge on any atom is 0.326 e. The molecule has 2 aliphatic heterocycles. The van der Waals surface area contributed by atoms with E-state index in [0.717, 1.165) is 5.75 Å². The number of hydrogen-bond donors (Lipinski definition) is 3. The molecule has 9 nitrogen and oxygen atoms in total. The summed E-state index contributed by atoms with van der Waals surface area (Å²) in [6.07, 6.45) is 5.38. The molecule has 0 aromatic rings. The van der Waals surface area contributed by atoms with Gasteiger partial charge in [0.1, 0.15) is 18.1 Å². The van der Waals surface area contributed by atoms with Crippen molar-refractivity contribution in [3.63, 3.8) is 0 Å². The van der Waals surface area contributed by atoms with E-state index in [4.69, 9.17) is 5.73 Å². The van der Waals surface area contributed by atoms with Crippen LogP contribution >= 0.6 is 11.8 Å². The molecule has 0 saturated carbocycles. The van der Waals surface area contributed by atoms with Gasteiger partial charge in [-0.2, -0.15) is 11.8 Å². The average Bonchev–Trinajstić information content (AvgIpc) is 3.43. The third-order valence-corrected chi connectivity index (χ3v) is 7.03. The fraction of sp³-hybridized carbons (Fsp3) is 0.810. The first kappa shape index (κ1) is 25.5. The van der Waals surface area contributed by atoms with Crippen LogP contribution in [0.4, 0.5) is 0 Å². The summed E-state index contributed by atoms with van der Waals surface area (Å²) >= 11 is 1.60. The summed E-state index contributed by atoms with van der Waals surface area (Å²) in [7, 11) is 0. The number of carbonyl (C=O) groups is 4. The van der Waals surface area contributed by atoms with E-state index in [-0.39, 0.29) is 23.6 Å². The summed E-state index contributed by atoms with van der Waals surface area (Å²) in [5.41, 5.74) is 5.98. The average molecular weight is 457 g/mol. The van der Waals surface area contributed by atoms with Gasteiger partial charge < -0.3 is 26.0 Å². The van der Waals surface area contributed by atoms with Gasteiger partial charge in [-0.25, -0.2) is 4.79 Å². The number of nitrogens with one attached hydrogen (secondary N) is 1. The van der Waals surface area contributed by atoms with Crippen molar-refractivity contribution in [2.75, 3.05) is 25.1 Å². The Morgan fingerprint density at radius 1 is 1.13 bits per heavy atom.